The zero-order valence-electron chi connectivity index (χ0n) is 28.3. The van der Waals surface area contributed by atoms with Crippen molar-refractivity contribution >= 4 is 44.8 Å². The summed E-state index contributed by atoms with van der Waals surface area (Å²) in [5, 5.41) is 89.9. The molecule has 0 aliphatic carbocycles. The third kappa shape index (κ3) is 15.2. The fourth-order valence-electron chi connectivity index (χ4n) is 5.26. The molecular formula is C32H53N3O14S2. The average molecular weight is 768 g/mol. The Kier molecular flexibility index (Phi) is 20.3. The number of amides is 2. The van der Waals surface area contributed by atoms with E-state index in [0.29, 0.717) is 30.9 Å². The Bertz CT molecular complexity index is 1150. The lowest BCUT2D eigenvalue weighted by molar-refractivity contribution is -0.326. The number of rotatable bonds is 24. The number of aliphatic hydroxyl groups excluding tert-OH is 8. The van der Waals surface area contributed by atoms with Gasteiger partial charge in [0.05, 0.1) is 39.1 Å². The first-order valence-corrected chi connectivity index (χ1v) is 19.4. The van der Waals surface area contributed by atoms with E-state index in [1.807, 2.05) is 21.6 Å². The minimum atomic E-state index is -1.85. The topological polar surface area (TPSA) is 269 Å². The number of benzene rings is 1. The van der Waals surface area contributed by atoms with Gasteiger partial charge in [0, 0.05) is 41.9 Å². The smallest absolute Gasteiger partial charge is 0.250 e. The number of hydrogen-bond acceptors (Lipinski definition) is 17. The summed E-state index contributed by atoms with van der Waals surface area (Å²) < 4.78 is 21.5. The van der Waals surface area contributed by atoms with Crippen LogP contribution in [-0.2, 0) is 28.5 Å². The van der Waals surface area contributed by atoms with E-state index in [1.54, 1.807) is 24.3 Å². The number of aliphatic hydroxyl groups is 8. The maximum atomic E-state index is 12.4. The number of carbonyl (C=O) groups excluding carboxylic acids is 2. The number of unbranched alkanes of at least 4 members (excludes halogenated alkanes) is 1. The van der Waals surface area contributed by atoms with Crippen molar-refractivity contribution in [2.45, 2.75) is 92.5 Å². The van der Waals surface area contributed by atoms with Crippen LogP contribution < -0.4 is 16.0 Å². The van der Waals surface area contributed by atoms with Crippen molar-refractivity contribution in [3.05, 3.63) is 24.3 Å². The molecule has 292 valence electrons. The molecule has 1 aromatic rings. The second kappa shape index (κ2) is 23.8. The second-order valence-corrected chi connectivity index (χ2v) is 15.0. The summed E-state index contributed by atoms with van der Waals surface area (Å²) in [5.41, 5.74) is 0.850. The van der Waals surface area contributed by atoms with Gasteiger partial charge < -0.3 is 75.8 Å². The third-order valence-corrected chi connectivity index (χ3v) is 11.2. The van der Waals surface area contributed by atoms with Crippen LogP contribution in [0.1, 0.15) is 32.1 Å². The molecule has 2 amide bonds. The van der Waals surface area contributed by atoms with Crippen LogP contribution in [0.5, 0.6) is 0 Å². The highest BCUT2D eigenvalue weighted by Gasteiger charge is 2.46. The van der Waals surface area contributed by atoms with Crippen molar-refractivity contribution in [2.75, 3.05) is 69.1 Å². The van der Waals surface area contributed by atoms with Crippen LogP contribution in [-0.4, -0.2) is 172 Å². The molecule has 2 saturated heterocycles. The van der Waals surface area contributed by atoms with E-state index in [4.69, 9.17) is 18.9 Å². The Balaban J connectivity index is 1.31. The highest BCUT2D eigenvalue weighted by molar-refractivity contribution is 8.77. The van der Waals surface area contributed by atoms with Crippen LogP contribution >= 0.6 is 21.6 Å². The molecule has 3 rings (SSSR count). The van der Waals surface area contributed by atoms with Gasteiger partial charge in [-0.05, 0) is 37.5 Å². The van der Waals surface area contributed by atoms with Crippen molar-refractivity contribution in [3.8, 4) is 0 Å². The molecule has 0 radical (unpaired) electrons. The molecule has 51 heavy (non-hydrogen) atoms. The summed E-state index contributed by atoms with van der Waals surface area (Å²) in [4.78, 5) is 24.3. The number of ether oxygens (including phenoxy) is 4. The van der Waals surface area contributed by atoms with E-state index in [-0.39, 0.29) is 32.3 Å². The first-order valence-electron chi connectivity index (χ1n) is 17.0. The van der Waals surface area contributed by atoms with E-state index in [2.05, 4.69) is 16.0 Å². The van der Waals surface area contributed by atoms with Gasteiger partial charge in [-0.3, -0.25) is 9.59 Å². The van der Waals surface area contributed by atoms with Crippen LogP contribution in [0.4, 0.5) is 11.4 Å². The normalized spacial score (nSPS) is 25.9. The van der Waals surface area contributed by atoms with Crippen LogP contribution in [0.2, 0.25) is 0 Å². The molecule has 11 N–H and O–H groups in total. The van der Waals surface area contributed by atoms with E-state index in [9.17, 15) is 50.4 Å². The first kappa shape index (κ1) is 43.6. The molecule has 1 aromatic carbocycles. The lowest BCUT2D eigenvalue weighted by Crippen LogP contribution is -2.61. The summed E-state index contributed by atoms with van der Waals surface area (Å²) in [5.74, 6) is 0.806. The van der Waals surface area contributed by atoms with Gasteiger partial charge in [-0.25, -0.2) is 0 Å². The molecule has 2 aliphatic heterocycles. The molecule has 2 aliphatic rings. The largest absolute Gasteiger partial charge is 0.394 e. The molecule has 19 heteroatoms. The van der Waals surface area contributed by atoms with Crippen molar-refractivity contribution in [1.29, 1.82) is 0 Å². The fraction of sp³-hybridized carbons (Fsp3) is 0.750. The van der Waals surface area contributed by atoms with Crippen molar-refractivity contribution in [3.63, 3.8) is 0 Å². The Morgan fingerprint density at radius 2 is 1.71 bits per heavy atom. The Morgan fingerprint density at radius 1 is 0.941 bits per heavy atom. The minimum absolute atomic E-state index is 0.0132. The molecule has 0 spiro atoms. The molecular weight excluding hydrogens is 714 g/mol. The van der Waals surface area contributed by atoms with E-state index >= 15 is 0 Å². The maximum absolute atomic E-state index is 12.4. The minimum Gasteiger partial charge on any atom is -0.394 e. The highest BCUT2D eigenvalue weighted by Crippen LogP contribution is 2.39. The summed E-state index contributed by atoms with van der Waals surface area (Å²) >= 11 is 0. The number of hydrogen-bond donors (Lipinski definition) is 11. The van der Waals surface area contributed by atoms with Crippen LogP contribution in [0.3, 0.4) is 0 Å². The Hall–Kier alpha value is -1.82. The second-order valence-electron chi connectivity index (χ2n) is 12.2. The van der Waals surface area contributed by atoms with Gasteiger partial charge in [-0.1, -0.05) is 34.1 Å². The summed E-state index contributed by atoms with van der Waals surface area (Å²) in [6.07, 6.45) is -10.4. The van der Waals surface area contributed by atoms with Crippen molar-refractivity contribution in [2.24, 2.45) is 0 Å². The number of nitrogens with one attached hydrogen (secondary N) is 3. The Labute approximate surface area is 304 Å². The van der Waals surface area contributed by atoms with E-state index in [1.165, 1.54) is 12.2 Å². The molecule has 2 heterocycles. The van der Waals surface area contributed by atoms with Crippen LogP contribution in [0.15, 0.2) is 24.3 Å². The molecule has 17 nitrogen and oxygen atoms in total. The predicted octanol–water partition coefficient (Wildman–Crippen LogP) is -1.84. The maximum Gasteiger partial charge on any atom is 0.250 e. The van der Waals surface area contributed by atoms with Crippen LogP contribution in [0, 0.1) is 0 Å². The molecule has 0 saturated carbocycles. The van der Waals surface area contributed by atoms with Gasteiger partial charge in [-0.15, -0.1) is 0 Å². The quantitative estimate of drug-likeness (QED) is 0.0408. The molecule has 0 aromatic heterocycles. The zero-order valence-corrected chi connectivity index (χ0v) is 30.0. The van der Waals surface area contributed by atoms with Crippen molar-refractivity contribution < 1.29 is 69.4 Å². The lowest BCUT2D eigenvalue weighted by Gasteiger charge is -2.42. The van der Waals surface area contributed by atoms with Gasteiger partial charge in [0.1, 0.15) is 49.3 Å². The van der Waals surface area contributed by atoms with Crippen molar-refractivity contribution in [1.82, 2.24) is 5.32 Å². The Morgan fingerprint density at radius 3 is 2.43 bits per heavy atom. The third-order valence-electron chi connectivity index (χ3n) is 8.18. The zero-order chi connectivity index (χ0) is 37.2. The van der Waals surface area contributed by atoms with Gasteiger partial charge in [-0.2, -0.15) is 0 Å². The summed E-state index contributed by atoms with van der Waals surface area (Å²) in [6.45, 7) is -1.02. The van der Waals surface area contributed by atoms with Gasteiger partial charge in [0.15, 0.2) is 6.29 Å². The predicted molar refractivity (Wildman–Crippen MR) is 189 cm³/mol. The summed E-state index contributed by atoms with van der Waals surface area (Å²) in [7, 11) is 3.88. The monoisotopic (exact) mass is 767 g/mol. The molecule has 10 atom stereocenters. The van der Waals surface area contributed by atoms with E-state index in [0.717, 1.165) is 24.5 Å². The molecule has 5 unspecified atom stereocenters. The molecule has 0 bridgehead atoms. The molecule has 2 fully saturated rings. The van der Waals surface area contributed by atoms with Crippen LogP contribution in [0.25, 0.3) is 0 Å². The fourth-order valence-corrected chi connectivity index (χ4v) is 8.29. The number of carbonyl (C=O) groups is 2. The van der Waals surface area contributed by atoms with Gasteiger partial charge in [0.2, 0.25) is 11.8 Å². The van der Waals surface area contributed by atoms with E-state index < -0.39 is 74.2 Å². The SMILES string of the molecule is O=C(CCCCC1CCSS1)NCCOCCOCC(=O)Nc1cccc(NCC(O)[C@H](O)[C@@H](O[C@@H]2OC(CO)[C@@H](O)[C@@H](O)C2O)C(O)CO)c1. The number of anilines is 2. The first-order chi connectivity index (χ1) is 24.5. The van der Waals surface area contributed by atoms with Gasteiger partial charge >= 0.3 is 0 Å². The standard InChI is InChI=1S/C32H53N3O14S2/c36-16-23(39)31(49-32-30(45)29(44)28(43)24(17-37)48-32)27(42)22(38)15-34-19-4-3-5-20(14-19)35-26(41)18-47-12-11-46-10-9-33-25(40)7-2-1-6-21-8-13-50-51-21/h3-5,14,21-24,27-32,34,36-39,42-45H,1-2,6-13,15-18H2,(H,33,40)(H,35,41)/t21?,22?,23?,24?,27-,28+,29+,30?,31-,32-/m0/s1. The summed E-state index contributed by atoms with van der Waals surface area (Å²) in [6, 6.07) is 6.45. The lowest BCUT2D eigenvalue weighted by atomic mass is 9.98. The highest BCUT2D eigenvalue weighted by atomic mass is 33.1. The van der Waals surface area contributed by atoms with Gasteiger partial charge in [0.25, 0.3) is 0 Å². The average Bonchev–Trinajstić information content (AvgIpc) is 3.65.